The quantitative estimate of drug-likeness (QED) is 0.633. The summed E-state index contributed by atoms with van der Waals surface area (Å²) in [4.78, 5) is 23.9. The Bertz CT molecular complexity index is 992. The summed E-state index contributed by atoms with van der Waals surface area (Å²) in [5.74, 6) is 1.08. The molecule has 0 saturated carbocycles. The van der Waals surface area contributed by atoms with Crippen LogP contribution in [0.25, 0.3) is 11.3 Å². The van der Waals surface area contributed by atoms with E-state index in [-0.39, 0.29) is 18.4 Å². The number of carbonyl (C=O) groups is 1. The van der Waals surface area contributed by atoms with Gasteiger partial charge in [-0.3, -0.25) is 9.78 Å². The Morgan fingerprint density at radius 1 is 1.10 bits per heavy atom. The predicted octanol–water partition coefficient (Wildman–Crippen LogP) is 3.81. The molecule has 31 heavy (non-hydrogen) atoms. The first-order chi connectivity index (χ1) is 15.2. The lowest BCUT2D eigenvalue weighted by molar-refractivity contribution is -0.132. The van der Waals surface area contributed by atoms with Crippen molar-refractivity contribution in [3.05, 3.63) is 78.2 Å². The minimum atomic E-state index is 0.0221. The molecule has 1 saturated heterocycles. The van der Waals surface area contributed by atoms with E-state index in [1.165, 1.54) is 0 Å². The largest absolute Gasteiger partial charge is 0.493 e. The molecule has 2 heterocycles. The fourth-order valence-corrected chi connectivity index (χ4v) is 3.87. The minimum Gasteiger partial charge on any atom is -0.493 e. The lowest BCUT2D eigenvalue weighted by Crippen LogP contribution is -2.39. The van der Waals surface area contributed by atoms with Gasteiger partial charge in [-0.2, -0.15) is 0 Å². The molecular weight excluding hydrogens is 390 g/mol. The van der Waals surface area contributed by atoms with Crippen molar-refractivity contribution < 1.29 is 14.6 Å². The fraction of sp³-hybridized carbons (Fsp3) is 0.320. The van der Waals surface area contributed by atoms with E-state index in [1.807, 2.05) is 65.7 Å². The van der Waals surface area contributed by atoms with Crippen LogP contribution in [0, 0.1) is 0 Å². The Kier molecular flexibility index (Phi) is 6.89. The van der Waals surface area contributed by atoms with Crippen LogP contribution in [0.1, 0.15) is 36.4 Å². The third kappa shape index (κ3) is 5.47. The second kappa shape index (κ2) is 10.2. The number of aromatic nitrogens is 2. The molecule has 0 radical (unpaired) electrons. The zero-order valence-corrected chi connectivity index (χ0v) is 17.5. The number of benzene rings is 2. The molecule has 1 aliphatic rings. The van der Waals surface area contributed by atoms with Crippen molar-refractivity contribution in [2.45, 2.75) is 31.8 Å². The van der Waals surface area contributed by atoms with Gasteiger partial charge in [-0.05, 0) is 30.5 Å². The summed E-state index contributed by atoms with van der Waals surface area (Å²) >= 11 is 0. The van der Waals surface area contributed by atoms with E-state index in [4.69, 9.17) is 9.72 Å². The average Bonchev–Trinajstić information content (AvgIpc) is 2.85. The molecule has 0 bridgehead atoms. The maximum atomic E-state index is 12.7. The molecule has 4 rings (SSSR count). The Balaban J connectivity index is 1.37. The minimum absolute atomic E-state index is 0.0221. The van der Waals surface area contributed by atoms with Gasteiger partial charge in [-0.15, -0.1) is 0 Å². The normalized spacial score (nSPS) is 16.2. The summed E-state index contributed by atoms with van der Waals surface area (Å²) in [5.41, 5.74) is 3.56. The number of hydrogen-bond acceptors (Lipinski definition) is 5. The highest BCUT2D eigenvalue weighted by molar-refractivity contribution is 5.76. The Morgan fingerprint density at radius 3 is 2.68 bits per heavy atom. The smallest absolute Gasteiger partial charge is 0.226 e. The number of para-hydroxylation sites is 1. The van der Waals surface area contributed by atoms with E-state index in [0.29, 0.717) is 19.6 Å². The van der Waals surface area contributed by atoms with Gasteiger partial charge < -0.3 is 14.7 Å². The van der Waals surface area contributed by atoms with Gasteiger partial charge in [0.05, 0.1) is 37.2 Å². The molecule has 160 valence electrons. The van der Waals surface area contributed by atoms with Gasteiger partial charge in [0.25, 0.3) is 0 Å². The zero-order valence-electron chi connectivity index (χ0n) is 17.5. The molecule has 1 aliphatic heterocycles. The van der Waals surface area contributed by atoms with Crippen LogP contribution in [0.5, 0.6) is 5.75 Å². The van der Waals surface area contributed by atoms with Gasteiger partial charge in [-0.25, -0.2) is 4.98 Å². The van der Waals surface area contributed by atoms with Crippen molar-refractivity contribution in [1.29, 1.82) is 0 Å². The number of likely N-dealkylation sites (tertiary alicyclic amines) is 1. The van der Waals surface area contributed by atoms with Crippen molar-refractivity contribution in [1.82, 2.24) is 14.9 Å². The molecule has 1 amide bonds. The van der Waals surface area contributed by atoms with Crippen LogP contribution in [0.2, 0.25) is 0 Å². The lowest BCUT2D eigenvalue weighted by atomic mass is 9.94. The number of rotatable bonds is 7. The highest BCUT2D eigenvalue weighted by Gasteiger charge is 2.26. The molecule has 0 aliphatic carbocycles. The first kappa shape index (κ1) is 21.0. The zero-order chi connectivity index (χ0) is 21.5. The number of piperidine rings is 1. The van der Waals surface area contributed by atoms with Gasteiger partial charge in [0.1, 0.15) is 5.75 Å². The molecule has 6 nitrogen and oxygen atoms in total. The Labute approximate surface area is 182 Å². The number of amides is 1. The summed E-state index contributed by atoms with van der Waals surface area (Å²) in [7, 11) is 0. The first-order valence-corrected chi connectivity index (χ1v) is 10.7. The molecule has 1 aromatic heterocycles. The Morgan fingerprint density at radius 2 is 1.90 bits per heavy atom. The monoisotopic (exact) mass is 417 g/mol. The highest BCUT2D eigenvalue weighted by atomic mass is 16.5. The van der Waals surface area contributed by atoms with Crippen molar-refractivity contribution in [3.8, 4) is 17.0 Å². The van der Waals surface area contributed by atoms with Gasteiger partial charge in [0.2, 0.25) is 5.91 Å². The van der Waals surface area contributed by atoms with E-state index in [1.54, 1.807) is 6.20 Å². The van der Waals surface area contributed by atoms with E-state index < -0.39 is 0 Å². The van der Waals surface area contributed by atoms with Gasteiger partial charge in [-0.1, -0.05) is 42.5 Å². The summed E-state index contributed by atoms with van der Waals surface area (Å²) in [6.07, 6.45) is 5.87. The van der Waals surface area contributed by atoms with E-state index in [9.17, 15) is 9.90 Å². The molecular formula is C25H27N3O3. The third-order valence-electron chi connectivity index (χ3n) is 5.61. The summed E-state index contributed by atoms with van der Waals surface area (Å²) < 4.78 is 5.67. The Hall–Kier alpha value is -3.25. The predicted molar refractivity (Wildman–Crippen MR) is 118 cm³/mol. The number of aliphatic hydroxyl groups excluding tert-OH is 1. The van der Waals surface area contributed by atoms with E-state index in [0.717, 1.165) is 47.7 Å². The van der Waals surface area contributed by atoms with Crippen molar-refractivity contribution >= 4 is 5.91 Å². The molecule has 1 fully saturated rings. The van der Waals surface area contributed by atoms with Gasteiger partial charge in [0, 0.05) is 30.8 Å². The lowest BCUT2D eigenvalue weighted by Gasteiger charge is -2.32. The SMILES string of the molecule is O=C(CCOc1ccccc1)N1CCCC(c2cncc(-c3ccc(CO)cc3)n2)C1. The molecule has 0 spiro atoms. The summed E-state index contributed by atoms with van der Waals surface area (Å²) in [6, 6.07) is 17.2. The maximum Gasteiger partial charge on any atom is 0.226 e. The van der Waals surface area contributed by atoms with Crippen LogP contribution in [0.15, 0.2) is 67.0 Å². The second-order valence-corrected chi connectivity index (χ2v) is 7.77. The molecule has 6 heteroatoms. The molecule has 2 aromatic carbocycles. The van der Waals surface area contributed by atoms with Crippen LogP contribution in [0.3, 0.4) is 0 Å². The van der Waals surface area contributed by atoms with Gasteiger partial charge >= 0.3 is 0 Å². The van der Waals surface area contributed by atoms with Crippen LogP contribution in [-0.2, 0) is 11.4 Å². The summed E-state index contributed by atoms with van der Waals surface area (Å²) in [5, 5.41) is 9.23. The number of nitrogens with zero attached hydrogens (tertiary/aromatic N) is 3. The van der Waals surface area contributed by atoms with Crippen LogP contribution < -0.4 is 4.74 Å². The van der Waals surface area contributed by atoms with Crippen molar-refractivity contribution in [3.63, 3.8) is 0 Å². The number of carbonyl (C=O) groups excluding carboxylic acids is 1. The van der Waals surface area contributed by atoms with E-state index >= 15 is 0 Å². The molecule has 1 atom stereocenters. The molecule has 1 unspecified atom stereocenters. The number of ether oxygens (including phenoxy) is 1. The third-order valence-corrected chi connectivity index (χ3v) is 5.61. The van der Waals surface area contributed by atoms with E-state index in [2.05, 4.69) is 4.98 Å². The topological polar surface area (TPSA) is 75.5 Å². The number of aliphatic hydroxyl groups is 1. The highest BCUT2D eigenvalue weighted by Crippen LogP contribution is 2.27. The maximum absolute atomic E-state index is 12.7. The van der Waals surface area contributed by atoms with Crippen LogP contribution in [-0.4, -0.2) is 45.6 Å². The second-order valence-electron chi connectivity index (χ2n) is 7.77. The van der Waals surface area contributed by atoms with Crippen molar-refractivity contribution in [2.75, 3.05) is 19.7 Å². The average molecular weight is 418 g/mol. The van der Waals surface area contributed by atoms with Crippen LogP contribution >= 0.6 is 0 Å². The van der Waals surface area contributed by atoms with Crippen LogP contribution in [0.4, 0.5) is 0 Å². The fourth-order valence-electron chi connectivity index (χ4n) is 3.87. The number of hydrogen-bond donors (Lipinski definition) is 1. The molecule has 1 N–H and O–H groups in total. The molecule has 3 aromatic rings. The standard InChI is InChI=1S/C25H27N3O3/c29-18-19-8-10-20(11-9-19)23-15-26-16-24(27-23)21-5-4-13-28(17-21)25(30)12-14-31-22-6-2-1-3-7-22/h1-3,6-11,15-16,21,29H,4-5,12-14,17-18H2. The first-order valence-electron chi connectivity index (χ1n) is 10.7. The van der Waals surface area contributed by atoms with Gasteiger partial charge in [0.15, 0.2) is 0 Å². The van der Waals surface area contributed by atoms with Crippen molar-refractivity contribution in [2.24, 2.45) is 0 Å². The summed E-state index contributed by atoms with van der Waals surface area (Å²) in [6.45, 7) is 1.83.